The maximum atomic E-state index is 13.1. The Kier molecular flexibility index (Phi) is 6.88. The summed E-state index contributed by atoms with van der Waals surface area (Å²) < 4.78 is 31.4. The minimum absolute atomic E-state index is 0.0321. The zero-order valence-corrected chi connectivity index (χ0v) is 19.1. The zero-order valence-electron chi connectivity index (χ0n) is 19.1. The van der Waals surface area contributed by atoms with Gasteiger partial charge in [0.1, 0.15) is 18.0 Å². The van der Waals surface area contributed by atoms with E-state index in [0.29, 0.717) is 24.8 Å². The molecule has 1 fully saturated rings. The Morgan fingerprint density at radius 3 is 2.73 bits per heavy atom. The first-order chi connectivity index (χ1) is 15.4. The molecule has 0 bridgehead atoms. The summed E-state index contributed by atoms with van der Waals surface area (Å²) in [5, 5.41) is 23.0. The molecule has 0 saturated heterocycles. The quantitative estimate of drug-likeness (QED) is 0.639. The van der Waals surface area contributed by atoms with Gasteiger partial charge in [0, 0.05) is 25.4 Å². The van der Waals surface area contributed by atoms with Gasteiger partial charge in [-0.05, 0) is 31.6 Å². The third-order valence-electron chi connectivity index (χ3n) is 5.80. The van der Waals surface area contributed by atoms with E-state index in [9.17, 15) is 19.1 Å². The average molecular weight is 460 g/mol. The highest BCUT2D eigenvalue weighted by Crippen LogP contribution is 2.42. The summed E-state index contributed by atoms with van der Waals surface area (Å²) in [5.74, 6) is -2.54. The van der Waals surface area contributed by atoms with Crippen molar-refractivity contribution in [3.8, 4) is 11.9 Å². The van der Waals surface area contributed by atoms with Crippen LogP contribution >= 0.6 is 0 Å². The third kappa shape index (κ3) is 6.16. The lowest BCUT2D eigenvalue weighted by Crippen LogP contribution is -2.46. The molecule has 3 rings (SSSR count). The molecule has 0 spiro atoms. The first-order valence-electron chi connectivity index (χ1n) is 10.5. The Labute approximate surface area is 191 Å². The van der Waals surface area contributed by atoms with E-state index in [4.69, 9.17) is 4.74 Å². The van der Waals surface area contributed by atoms with Crippen molar-refractivity contribution < 1.29 is 18.6 Å². The molecule has 0 aliphatic heterocycles. The lowest BCUT2D eigenvalue weighted by atomic mass is 9.66. The molecule has 0 unspecified atom stereocenters. The van der Waals surface area contributed by atoms with Crippen LogP contribution in [0.1, 0.15) is 58.1 Å². The van der Waals surface area contributed by atoms with Crippen molar-refractivity contribution in [3.63, 3.8) is 0 Å². The van der Waals surface area contributed by atoms with Gasteiger partial charge in [-0.1, -0.05) is 13.8 Å². The fourth-order valence-corrected chi connectivity index (χ4v) is 3.35. The third-order valence-corrected chi connectivity index (χ3v) is 5.80. The molecule has 2 aromatic heterocycles. The van der Waals surface area contributed by atoms with Gasteiger partial charge in [-0.15, -0.1) is 0 Å². The largest absolute Gasteiger partial charge is 0.471 e. The second-order valence-electron chi connectivity index (χ2n) is 9.12. The lowest BCUT2D eigenvalue weighted by molar-refractivity contribution is -0.0602. The van der Waals surface area contributed by atoms with Gasteiger partial charge in [0.05, 0.1) is 17.4 Å². The average Bonchev–Trinajstić information content (AvgIpc) is 2.73. The van der Waals surface area contributed by atoms with Crippen LogP contribution in [0.5, 0.6) is 5.88 Å². The van der Waals surface area contributed by atoms with E-state index in [0.717, 1.165) is 12.6 Å². The summed E-state index contributed by atoms with van der Waals surface area (Å²) in [6.45, 7) is 5.85. The van der Waals surface area contributed by atoms with Crippen molar-refractivity contribution in [1.29, 1.82) is 5.26 Å². The normalized spacial score (nSPS) is 21.5. The molecule has 0 amide bonds. The first-order valence-corrected chi connectivity index (χ1v) is 10.5. The van der Waals surface area contributed by atoms with Gasteiger partial charge in [0.15, 0.2) is 12.4 Å². The molecule has 2 aromatic rings. The Hall–Kier alpha value is -3.26. The van der Waals surface area contributed by atoms with Gasteiger partial charge in [-0.25, -0.2) is 28.7 Å². The minimum atomic E-state index is -3.00. The van der Waals surface area contributed by atoms with Crippen LogP contribution in [0.25, 0.3) is 0 Å². The van der Waals surface area contributed by atoms with Crippen molar-refractivity contribution in [1.82, 2.24) is 19.9 Å². The van der Waals surface area contributed by atoms with E-state index in [-0.39, 0.29) is 35.2 Å². The van der Waals surface area contributed by atoms with Gasteiger partial charge in [-0.2, -0.15) is 10.2 Å². The molecule has 176 valence electrons. The molecule has 0 aromatic carbocycles. The smallest absolute Gasteiger partial charge is 0.278 e. The van der Waals surface area contributed by atoms with E-state index in [1.807, 2.05) is 26.8 Å². The summed E-state index contributed by atoms with van der Waals surface area (Å²) in [4.78, 5) is 20.9. The van der Waals surface area contributed by atoms with Crippen LogP contribution in [0.4, 0.5) is 20.5 Å². The minimum Gasteiger partial charge on any atom is -0.471 e. The number of nitrogens with one attached hydrogen (secondary N) is 1. The molecule has 9 nitrogen and oxygen atoms in total. The number of ether oxygens (including phenoxy) is 1. The molecule has 1 atom stereocenters. The number of aromatic nitrogens is 4. The highest BCUT2D eigenvalue weighted by molar-refractivity contribution is 5.88. The van der Waals surface area contributed by atoms with Gasteiger partial charge in [-0.3, -0.25) is 0 Å². The molecular formula is C22H27F2N7O2. The number of alkyl halides is 2. The number of nitriles is 1. The monoisotopic (exact) mass is 459 g/mol. The van der Waals surface area contributed by atoms with Crippen LogP contribution in [0.15, 0.2) is 23.7 Å². The second kappa shape index (κ2) is 9.31. The fraction of sp³-hybridized carbons (Fsp3) is 0.545. The highest BCUT2D eigenvalue weighted by atomic mass is 19.3. The number of aliphatic imine (C=N–C) groups is 1. The topological polar surface area (TPSA) is 129 Å². The predicted octanol–water partition coefficient (Wildman–Crippen LogP) is 3.82. The molecule has 2 N–H and O–H groups in total. The lowest BCUT2D eigenvalue weighted by Gasteiger charge is -2.44. The fourth-order valence-electron chi connectivity index (χ4n) is 3.35. The SMILES string of the molecule is CC(F)(F)COc1ncncc1CNc1ncc(C#N)c(N=C2CC[C@@](C)(O)C(C)(C)C2)n1. The van der Waals surface area contributed by atoms with Crippen LogP contribution in [-0.2, 0) is 6.54 Å². The maximum Gasteiger partial charge on any atom is 0.278 e. The number of aliphatic hydroxyl groups is 1. The summed E-state index contributed by atoms with van der Waals surface area (Å²) in [6.07, 6.45) is 5.76. The van der Waals surface area contributed by atoms with Gasteiger partial charge >= 0.3 is 0 Å². The van der Waals surface area contributed by atoms with Crippen molar-refractivity contribution >= 4 is 17.5 Å². The van der Waals surface area contributed by atoms with E-state index in [2.05, 4.69) is 30.2 Å². The summed E-state index contributed by atoms with van der Waals surface area (Å²) in [5.41, 5.74) is 0.339. The Bertz CT molecular complexity index is 1080. The van der Waals surface area contributed by atoms with Gasteiger partial charge < -0.3 is 15.2 Å². The predicted molar refractivity (Wildman–Crippen MR) is 118 cm³/mol. The number of halogens is 2. The van der Waals surface area contributed by atoms with Gasteiger partial charge in [0.2, 0.25) is 11.8 Å². The number of anilines is 1. The molecular weight excluding hydrogens is 432 g/mol. The van der Waals surface area contributed by atoms with Crippen LogP contribution in [0, 0.1) is 16.7 Å². The van der Waals surface area contributed by atoms with E-state index >= 15 is 0 Å². The standard InChI is InChI=1S/C22H27F2N7O2/c1-20(2)7-16(5-6-21(20,3)32)30-17-14(8-25)10-27-19(31-17)28-11-15-9-26-13-29-18(15)33-12-22(4,23)24/h9-10,13,32H,5-7,11-12H2,1-4H3,(H,27,28,31)/t21-/m1/s1. The Morgan fingerprint density at radius 2 is 2.06 bits per heavy atom. The van der Waals surface area contributed by atoms with Crippen LogP contribution < -0.4 is 10.1 Å². The Balaban J connectivity index is 1.77. The number of hydrogen-bond donors (Lipinski definition) is 2. The number of hydrogen-bond acceptors (Lipinski definition) is 9. The van der Waals surface area contributed by atoms with E-state index in [1.165, 1.54) is 18.7 Å². The highest BCUT2D eigenvalue weighted by Gasteiger charge is 2.43. The molecule has 0 radical (unpaired) electrons. The van der Waals surface area contributed by atoms with Gasteiger partial charge in [0.25, 0.3) is 5.92 Å². The molecule has 33 heavy (non-hydrogen) atoms. The first kappa shape index (κ1) is 24.4. The number of nitrogens with zero attached hydrogens (tertiary/aromatic N) is 6. The second-order valence-corrected chi connectivity index (χ2v) is 9.12. The summed E-state index contributed by atoms with van der Waals surface area (Å²) >= 11 is 0. The maximum absolute atomic E-state index is 13.1. The zero-order chi connectivity index (χ0) is 24.3. The molecule has 2 heterocycles. The van der Waals surface area contributed by atoms with Crippen molar-refractivity contribution in [3.05, 3.63) is 29.8 Å². The van der Waals surface area contributed by atoms with Crippen LogP contribution in [0.3, 0.4) is 0 Å². The summed E-state index contributed by atoms with van der Waals surface area (Å²) in [6, 6.07) is 2.04. The van der Waals surface area contributed by atoms with Crippen LogP contribution in [0.2, 0.25) is 0 Å². The molecule has 1 saturated carbocycles. The van der Waals surface area contributed by atoms with E-state index in [1.54, 1.807) is 0 Å². The molecule has 11 heteroatoms. The molecule has 1 aliphatic rings. The van der Waals surface area contributed by atoms with E-state index < -0.39 is 18.1 Å². The number of rotatable bonds is 7. The molecule has 1 aliphatic carbocycles. The van der Waals surface area contributed by atoms with Crippen molar-refractivity contribution in [2.75, 3.05) is 11.9 Å². The summed E-state index contributed by atoms with van der Waals surface area (Å²) in [7, 11) is 0. The van der Waals surface area contributed by atoms with Crippen molar-refractivity contribution in [2.24, 2.45) is 10.4 Å². The Morgan fingerprint density at radius 1 is 1.30 bits per heavy atom. The van der Waals surface area contributed by atoms with Crippen LogP contribution in [-0.4, -0.2) is 48.9 Å². The van der Waals surface area contributed by atoms with Crippen molar-refractivity contribution in [2.45, 2.75) is 65.0 Å².